The highest BCUT2D eigenvalue weighted by molar-refractivity contribution is 6.07. The second-order valence-corrected chi connectivity index (χ2v) is 11.9. The number of nitrogens with zero attached hydrogens (tertiary/aromatic N) is 3. The van der Waals surface area contributed by atoms with Gasteiger partial charge in [-0.25, -0.2) is 0 Å². The molecule has 0 aromatic heterocycles. The first-order valence-corrected chi connectivity index (χ1v) is 15.2. The van der Waals surface area contributed by atoms with E-state index in [-0.39, 0.29) is 36.8 Å². The van der Waals surface area contributed by atoms with Crippen molar-refractivity contribution in [3.63, 3.8) is 0 Å². The summed E-state index contributed by atoms with van der Waals surface area (Å²) in [7, 11) is 1.58. The van der Waals surface area contributed by atoms with Crippen molar-refractivity contribution in [2.75, 3.05) is 43.2 Å². The lowest BCUT2D eigenvalue weighted by Crippen LogP contribution is -2.59. The van der Waals surface area contributed by atoms with E-state index >= 15 is 0 Å². The molecule has 2 saturated heterocycles. The van der Waals surface area contributed by atoms with E-state index in [9.17, 15) is 19.5 Å². The fourth-order valence-corrected chi connectivity index (χ4v) is 7.17. The molecule has 2 aromatic carbocycles. The average Bonchev–Trinajstić information content (AvgIpc) is 3.33. The smallest absolute Gasteiger partial charge is 0.253 e. The van der Waals surface area contributed by atoms with Crippen LogP contribution in [0.5, 0.6) is 11.5 Å². The van der Waals surface area contributed by atoms with Crippen LogP contribution >= 0.6 is 0 Å². The largest absolute Gasteiger partial charge is 0.497 e. The molecule has 4 aliphatic rings. The first-order chi connectivity index (χ1) is 21.2. The molecule has 6 atom stereocenters. The number of hydrogen-bond acceptors (Lipinski definition) is 7. The van der Waals surface area contributed by atoms with Gasteiger partial charge in [-0.3, -0.25) is 14.4 Å². The fourth-order valence-electron chi connectivity index (χ4n) is 7.17. The lowest BCUT2D eigenvalue weighted by molar-refractivity contribution is -0.145. The molecule has 3 amide bonds. The molecule has 0 bridgehead atoms. The third kappa shape index (κ3) is 4.68. The Bertz CT molecular complexity index is 1470. The van der Waals surface area contributed by atoms with Gasteiger partial charge in [0.2, 0.25) is 11.8 Å². The van der Waals surface area contributed by atoms with Gasteiger partial charge >= 0.3 is 0 Å². The van der Waals surface area contributed by atoms with Gasteiger partial charge in [0.15, 0.2) is 0 Å². The van der Waals surface area contributed by atoms with Crippen LogP contribution in [0, 0.1) is 17.8 Å². The molecule has 10 heteroatoms. The number of aliphatic hydroxyl groups is 1. The fraction of sp³-hybridized carbons (Fsp3) is 0.441. The van der Waals surface area contributed by atoms with Crippen LogP contribution in [0.3, 0.4) is 0 Å². The summed E-state index contributed by atoms with van der Waals surface area (Å²) in [5.74, 6) is -1.56. The normalized spacial score (nSPS) is 28.5. The maximum Gasteiger partial charge on any atom is 0.253 e. The number of rotatable bonds is 8. The molecule has 2 fully saturated rings. The topological polar surface area (TPSA) is 109 Å². The second-order valence-electron chi connectivity index (χ2n) is 11.9. The second kappa shape index (κ2) is 11.7. The summed E-state index contributed by atoms with van der Waals surface area (Å²) in [5.41, 5.74) is -0.0741. The molecule has 1 unspecified atom stereocenters. The van der Waals surface area contributed by atoms with E-state index in [2.05, 4.69) is 0 Å². The Hall–Kier alpha value is -4.15. The van der Waals surface area contributed by atoms with Gasteiger partial charge in [-0.2, -0.15) is 0 Å². The van der Waals surface area contributed by atoms with Crippen molar-refractivity contribution in [2.24, 2.45) is 17.8 Å². The van der Waals surface area contributed by atoms with E-state index in [1.54, 1.807) is 41.2 Å². The Morgan fingerprint density at radius 2 is 1.52 bits per heavy atom. The lowest BCUT2D eigenvalue weighted by Gasteiger charge is -2.39. The molecule has 0 aliphatic carbocycles. The standard InChI is InChI=1S/C34H39N3O7/c1-5-43-25-15-11-22(12-16-25)35-18-6-8-27-28(31(35)39)29-32(40)37(26(20-38)21(2)3)30-33(41)36(19-7-17-34(29,30)44-27)23-9-13-24(42-4)14-10-23/h6-17,21,26-30,38H,5,18-20H2,1-4H3/t26-,27-,28+,29-,30?,34-/m0/s1. The summed E-state index contributed by atoms with van der Waals surface area (Å²) in [6.07, 6.45) is 6.68. The van der Waals surface area contributed by atoms with Gasteiger partial charge in [0, 0.05) is 24.5 Å². The molecule has 4 aliphatic heterocycles. The molecule has 44 heavy (non-hydrogen) atoms. The maximum atomic E-state index is 14.6. The number of methoxy groups -OCH3 is 1. The molecule has 0 saturated carbocycles. The van der Waals surface area contributed by atoms with Crippen molar-refractivity contribution in [2.45, 2.75) is 44.6 Å². The molecule has 1 N–H and O–H groups in total. The zero-order valence-corrected chi connectivity index (χ0v) is 25.5. The van der Waals surface area contributed by atoms with Crippen LogP contribution in [0.4, 0.5) is 11.4 Å². The first kappa shape index (κ1) is 29.9. The van der Waals surface area contributed by atoms with Crippen molar-refractivity contribution in [3.8, 4) is 11.5 Å². The SMILES string of the molecule is CCOc1ccc(N2CC=C[C@@H]3O[C@]45C=CCN(c6ccc(OC)cc6)C(=O)C4N([C@@H](CO)C(C)C)C(=O)[C@@H]5[C@@H]3C2=O)cc1. The van der Waals surface area contributed by atoms with Crippen LogP contribution in [0.2, 0.25) is 0 Å². The Morgan fingerprint density at radius 1 is 0.909 bits per heavy atom. The summed E-state index contributed by atoms with van der Waals surface area (Å²) in [6.45, 7) is 6.49. The molecule has 0 radical (unpaired) electrons. The number of likely N-dealkylation sites (tertiary alicyclic amines) is 1. The lowest BCUT2D eigenvalue weighted by atomic mass is 9.77. The van der Waals surface area contributed by atoms with E-state index in [4.69, 9.17) is 14.2 Å². The summed E-state index contributed by atoms with van der Waals surface area (Å²) < 4.78 is 17.6. The predicted molar refractivity (Wildman–Crippen MR) is 165 cm³/mol. The number of ether oxygens (including phenoxy) is 3. The van der Waals surface area contributed by atoms with Crippen LogP contribution < -0.4 is 19.3 Å². The highest BCUT2D eigenvalue weighted by atomic mass is 16.5. The van der Waals surface area contributed by atoms with E-state index < -0.39 is 35.6 Å². The molecule has 4 heterocycles. The minimum absolute atomic E-state index is 0.157. The molecule has 6 rings (SSSR count). The third-order valence-corrected chi connectivity index (χ3v) is 9.25. The van der Waals surface area contributed by atoms with Crippen molar-refractivity contribution >= 4 is 29.1 Å². The van der Waals surface area contributed by atoms with Crippen molar-refractivity contribution in [1.29, 1.82) is 0 Å². The number of hydrogen-bond donors (Lipinski definition) is 1. The highest BCUT2D eigenvalue weighted by Crippen LogP contribution is 2.54. The Labute approximate surface area is 257 Å². The molecule has 10 nitrogen and oxygen atoms in total. The van der Waals surface area contributed by atoms with Crippen LogP contribution in [0.25, 0.3) is 0 Å². The first-order valence-electron chi connectivity index (χ1n) is 15.2. The molecule has 1 spiro atoms. The van der Waals surface area contributed by atoms with Crippen molar-refractivity contribution < 1.29 is 33.7 Å². The zero-order chi connectivity index (χ0) is 31.2. The monoisotopic (exact) mass is 601 g/mol. The average molecular weight is 602 g/mol. The highest BCUT2D eigenvalue weighted by Gasteiger charge is 2.72. The van der Waals surface area contributed by atoms with Crippen LogP contribution in [0.1, 0.15) is 20.8 Å². The Kier molecular flexibility index (Phi) is 7.98. The summed E-state index contributed by atoms with van der Waals surface area (Å²) in [5, 5.41) is 10.5. The predicted octanol–water partition coefficient (Wildman–Crippen LogP) is 3.20. The van der Waals surface area contributed by atoms with Gasteiger partial charge in [-0.05, 0) is 61.4 Å². The molecular weight excluding hydrogens is 562 g/mol. The van der Waals surface area contributed by atoms with E-state index in [0.29, 0.717) is 36.0 Å². The number of anilines is 2. The van der Waals surface area contributed by atoms with E-state index in [0.717, 1.165) is 0 Å². The van der Waals surface area contributed by atoms with Crippen molar-refractivity contribution in [1.82, 2.24) is 4.90 Å². The third-order valence-electron chi connectivity index (χ3n) is 9.25. The number of carbonyl (C=O) groups is 3. The number of amides is 3. The number of benzene rings is 2. The van der Waals surface area contributed by atoms with Gasteiger partial charge in [0.1, 0.15) is 23.1 Å². The minimum atomic E-state index is -1.39. The van der Waals surface area contributed by atoms with Gasteiger partial charge in [0.05, 0.1) is 44.3 Å². The summed E-state index contributed by atoms with van der Waals surface area (Å²) >= 11 is 0. The van der Waals surface area contributed by atoms with Gasteiger partial charge in [-0.15, -0.1) is 0 Å². The van der Waals surface area contributed by atoms with Crippen LogP contribution in [0.15, 0.2) is 72.8 Å². The zero-order valence-electron chi connectivity index (χ0n) is 25.5. The molecule has 232 valence electrons. The summed E-state index contributed by atoms with van der Waals surface area (Å²) in [4.78, 5) is 48.4. The molecular formula is C34H39N3O7. The van der Waals surface area contributed by atoms with Gasteiger partial charge < -0.3 is 34.0 Å². The number of carbonyl (C=O) groups excluding carboxylic acids is 3. The van der Waals surface area contributed by atoms with Gasteiger partial charge in [0.25, 0.3) is 5.91 Å². The maximum absolute atomic E-state index is 14.6. The van der Waals surface area contributed by atoms with Crippen LogP contribution in [-0.2, 0) is 19.1 Å². The van der Waals surface area contributed by atoms with Gasteiger partial charge in [-0.1, -0.05) is 38.2 Å². The summed E-state index contributed by atoms with van der Waals surface area (Å²) in [6, 6.07) is 12.7. The Morgan fingerprint density at radius 3 is 2.11 bits per heavy atom. The Balaban J connectivity index is 1.43. The number of fused-ring (bicyclic) bond motifs is 2. The quantitative estimate of drug-likeness (QED) is 0.463. The number of aliphatic hydroxyl groups excluding tert-OH is 1. The van der Waals surface area contributed by atoms with E-state index in [1.807, 2.05) is 69.3 Å². The molecule has 2 aromatic rings. The van der Waals surface area contributed by atoms with Crippen molar-refractivity contribution in [3.05, 3.63) is 72.8 Å². The minimum Gasteiger partial charge on any atom is -0.497 e. The van der Waals surface area contributed by atoms with Crippen LogP contribution in [-0.4, -0.2) is 84.9 Å². The van der Waals surface area contributed by atoms with E-state index in [1.165, 1.54) is 4.90 Å².